The molecule has 4 rings (SSSR count). The van der Waals surface area contributed by atoms with E-state index in [1.807, 2.05) is 0 Å². The molecule has 1 aromatic carbocycles. The van der Waals surface area contributed by atoms with Crippen molar-refractivity contribution in [3.05, 3.63) is 53.7 Å². The average Bonchev–Trinajstić information content (AvgIpc) is 3.19. The van der Waals surface area contributed by atoms with E-state index in [9.17, 15) is 9.18 Å². The summed E-state index contributed by atoms with van der Waals surface area (Å²) in [6.07, 6.45) is 4.34. The van der Waals surface area contributed by atoms with Gasteiger partial charge in [0.15, 0.2) is 5.65 Å². The molecule has 3 aromatic rings. The minimum atomic E-state index is -0.566. The number of nitrogens with zero attached hydrogens (tertiary/aromatic N) is 5. The Labute approximate surface area is 188 Å². The van der Waals surface area contributed by atoms with Crippen molar-refractivity contribution in [2.24, 2.45) is 0 Å². The standard InChI is InChI=1S/C22H20ClFN6O2/c1-2-18(31)29-10-4-6-14(12-29)30-22-19(21(25)26-13-27-22)16(28-30)8-5-11-32-17-9-3-7-15(24)20(17)23/h2-3,7,9,13-14H,1,4,6,10-12H2,(H2,25,26,27). The Morgan fingerprint density at radius 3 is 3.09 bits per heavy atom. The lowest BCUT2D eigenvalue weighted by molar-refractivity contribution is -0.127. The molecule has 164 valence electrons. The average molecular weight is 455 g/mol. The van der Waals surface area contributed by atoms with Crippen LogP contribution < -0.4 is 10.5 Å². The number of likely N-dealkylation sites (tertiary alicyclic amines) is 1. The lowest BCUT2D eigenvalue weighted by Gasteiger charge is -2.32. The normalized spacial score (nSPS) is 15.8. The number of piperidine rings is 1. The van der Waals surface area contributed by atoms with Gasteiger partial charge in [-0.25, -0.2) is 19.0 Å². The molecule has 10 heteroatoms. The summed E-state index contributed by atoms with van der Waals surface area (Å²) >= 11 is 5.89. The number of aromatic nitrogens is 4. The van der Waals surface area contributed by atoms with Crippen LogP contribution in [0.2, 0.25) is 5.02 Å². The van der Waals surface area contributed by atoms with Gasteiger partial charge in [-0.3, -0.25) is 4.79 Å². The van der Waals surface area contributed by atoms with Crippen LogP contribution in [-0.2, 0) is 4.79 Å². The molecule has 0 saturated carbocycles. The van der Waals surface area contributed by atoms with Crippen LogP contribution in [0.3, 0.4) is 0 Å². The van der Waals surface area contributed by atoms with Crippen LogP contribution >= 0.6 is 11.6 Å². The SMILES string of the molecule is C=CC(=O)N1CCCC(n2nc(C#CCOc3cccc(F)c3Cl)c3c(N)ncnc32)C1. The Kier molecular flexibility index (Phi) is 6.23. The summed E-state index contributed by atoms with van der Waals surface area (Å²) in [5.74, 6) is 5.56. The molecular weight excluding hydrogens is 435 g/mol. The van der Waals surface area contributed by atoms with E-state index in [4.69, 9.17) is 22.1 Å². The van der Waals surface area contributed by atoms with Crippen molar-refractivity contribution in [2.45, 2.75) is 18.9 Å². The molecule has 3 heterocycles. The quantitative estimate of drug-likeness (QED) is 0.480. The molecular formula is C22H20ClFN6O2. The molecule has 1 unspecified atom stereocenters. The molecule has 1 aliphatic heterocycles. The number of nitrogen functional groups attached to an aromatic ring is 1. The number of carbonyl (C=O) groups excluding carboxylic acids is 1. The number of halogens is 2. The second-order valence-corrected chi connectivity index (χ2v) is 7.56. The highest BCUT2D eigenvalue weighted by molar-refractivity contribution is 6.32. The molecule has 8 nitrogen and oxygen atoms in total. The number of hydrogen-bond donors (Lipinski definition) is 1. The zero-order valence-corrected chi connectivity index (χ0v) is 17.8. The Morgan fingerprint density at radius 2 is 2.28 bits per heavy atom. The molecule has 0 radical (unpaired) electrons. The lowest BCUT2D eigenvalue weighted by atomic mass is 10.1. The van der Waals surface area contributed by atoms with E-state index in [1.165, 1.54) is 24.5 Å². The predicted molar refractivity (Wildman–Crippen MR) is 119 cm³/mol. The summed E-state index contributed by atoms with van der Waals surface area (Å²) in [5.41, 5.74) is 7.04. The highest BCUT2D eigenvalue weighted by Crippen LogP contribution is 2.29. The van der Waals surface area contributed by atoms with Crippen LogP contribution in [0.5, 0.6) is 5.75 Å². The fraction of sp³-hybridized carbons (Fsp3) is 0.273. The highest BCUT2D eigenvalue weighted by Gasteiger charge is 2.27. The van der Waals surface area contributed by atoms with Crippen molar-refractivity contribution in [1.29, 1.82) is 0 Å². The maximum absolute atomic E-state index is 13.5. The van der Waals surface area contributed by atoms with E-state index in [1.54, 1.807) is 15.6 Å². The van der Waals surface area contributed by atoms with Crippen LogP contribution in [0.25, 0.3) is 11.0 Å². The third kappa shape index (κ3) is 4.22. The van der Waals surface area contributed by atoms with Gasteiger partial charge in [0.05, 0.1) is 11.4 Å². The molecule has 0 aliphatic carbocycles. The fourth-order valence-corrected chi connectivity index (χ4v) is 3.83. The number of anilines is 1. The molecule has 32 heavy (non-hydrogen) atoms. The second-order valence-electron chi connectivity index (χ2n) is 7.18. The summed E-state index contributed by atoms with van der Waals surface area (Å²) < 4.78 is 20.7. The number of carbonyl (C=O) groups is 1. The molecule has 2 N–H and O–H groups in total. The van der Waals surface area contributed by atoms with Gasteiger partial charge in [0, 0.05) is 13.1 Å². The molecule has 1 atom stereocenters. The summed E-state index contributed by atoms with van der Waals surface area (Å²) in [4.78, 5) is 22.2. The first kappa shape index (κ1) is 21.6. The van der Waals surface area contributed by atoms with Crippen molar-refractivity contribution in [3.8, 4) is 17.6 Å². The van der Waals surface area contributed by atoms with E-state index in [-0.39, 0.29) is 35.1 Å². The van der Waals surface area contributed by atoms with Crippen LogP contribution in [0.1, 0.15) is 24.6 Å². The molecule has 1 saturated heterocycles. The maximum atomic E-state index is 13.5. The first-order valence-electron chi connectivity index (χ1n) is 9.95. The Bertz CT molecular complexity index is 1250. The van der Waals surface area contributed by atoms with Gasteiger partial charge in [-0.1, -0.05) is 30.2 Å². The fourth-order valence-electron chi connectivity index (χ4n) is 3.65. The zero-order valence-electron chi connectivity index (χ0n) is 17.1. The summed E-state index contributed by atoms with van der Waals surface area (Å²) in [7, 11) is 0. The third-order valence-corrected chi connectivity index (χ3v) is 5.54. The summed E-state index contributed by atoms with van der Waals surface area (Å²) in [6.45, 7) is 4.69. The molecule has 1 amide bonds. The van der Waals surface area contributed by atoms with Gasteiger partial charge in [0.25, 0.3) is 0 Å². The highest BCUT2D eigenvalue weighted by atomic mass is 35.5. The number of rotatable bonds is 4. The van der Waals surface area contributed by atoms with Gasteiger partial charge in [-0.15, -0.1) is 0 Å². The van der Waals surface area contributed by atoms with Gasteiger partial charge in [-0.05, 0) is 37.0 Å². The monoisotopic (exact) mass is 454 g/mol. The molecule has 1 aliphatic rings. The minimum Gasteiger partial charge on any atom is -0.479 e. The first-order chi connectivity index (χ1) is 15.5. The minimum absolute atomic E-state index is 0.0316. The van der Waals surface area contributed by atoms with Crippen LogP contribution in [0, 0.1) is 17.7 Å². The van der Waals surface area contributed by atoms with Crippen LogP contribution in [0.15, 0.2) is 37.2 Å². The largest absolute Gasteiger partial charge is 0.479 e. The van der Waals surface area contributed by atoms with Crippen molar-refractivity contribution in [3.63, 3.8) is 0 Å². The Morgan fingerprint density at radius 1 is 1.44 bits per heavy atom. The number of benzene rings is 1. The number of ether oxygens (including phenoxy) is 1. The maximum Gasteiger partial charge on any atom is 0.246 e. The van der Waals surface area contributed by atoms with Gasteiger partial charge in [0.1, 0.15) is 41.0 Å². The van der Waals surface area contributed by atoms with Crippen LogP contribution in [-0.4, -0.2) is 50.3 Å². The van der Waals surface area contributed by atoms with Crippen LogP contribution in [0.4, 0.5) is 10.2 Å². The van der Waals surface area contributed by atoms with E-state index >= 15 is 0 Å². The zero-order chi connectivity index (χ0) is 22.7. The van der Waals surface area contributed by atoms with Gasteiger partial charge in [-0.2, -0.15) is 5.10 Å². The molecule has 2 aromatic heterocycles. The first-order valence-corrected chi connectivity index (χ1v) is 10.3. The van der Waals surface area contributed by atoms with Crippen molar-refractivity contribution in [2.75, 3.05) is 25.4 Å². The number of hydrogen-bond acceptors (Lipinski definition) is 6. The molecule has 0 spiro atoms. The van der Waals surface area contributed by atoms with Crippen molar-refractivity contribution < 1.29 is 13.9 Å². The number of fused-ring (bicyclic) bond motifs is 1. The van der Waals surface area contributed by atoms with Gasteiger partial charge in [0.2, 0.25) is 5.91 Å². The van der Waals surface area contributed by atoms with Crippen molar-refractivity contribution >= 4 is 34.4 Å². The Balaban J connectivity index is 1.61. The van der Waals surface area contributed by atoms with E-state index in [0.717, 1.165) is 12.8 Å². The predicted octanol–water partition coefficient (Wildman–Crippen LogP) is 2.98. The van der Waals surface area contributed by atoms with E-state index in [0.29, 0.717) is 29.8 Å². The third-order valence-electron chi connectivity index (χ3n) is 5.17. The van der Waals surface area contributed by atoms with Gasteiger partial charge >= 0.3 is 0 Å². The second kappa shape index (κ2) is 9.24. The summed E-state index contributed by atoms with van der Waals surface area (Å²) in [6, 6.07) is 4.23. The van der Waals surface area contributed by atoms with E-state index in [2.05, 4.69) is 33.5 Å². The number of nitrogens with two attached hydrogens (primary N) is 1. The Hall–Kier alpha value is -3.64. The summed E-state index contributed by atoms with van der Waals surface area (Å²) in [5, 5.41) is 5.06. The topological polar surface area (TPSA) is 99.2 Å². The smallest absolute Gasteiger partial charge is 0.246 e. The lowest BCUT2D eigenvalue weighted by Crippen LogP contribution is -2.40. The van der Waals surface area contributed by atoms with Gasteiger partial charge < -0.3 is 15.4 Å². The van der Waals surface area contributed by atoms with Crippen molar-refractivity contribution in [1.82, 2.24) is 24.6 Å². The van der Waals surface area contributed by atoms with E-state index < -0.39 is 5.82 Å². The molecule has 1 fully saturated rings. The molecule has 0 bridgehead atoms. The number of amides is 1.